The third-order valence-corrected chi connectivity index (χ3v) is 5.54. The van der Waals surface area contributed by atoms with Crippen molar-refractivity contribution in [3.8, 4) is 11.1 Å². The first-order chi connectivity index (χ1) is 14.6. The Labute approximate surface area is 175 Å². The van der Waals surface area contributed by atoms with Gasteiger partial charge in [0.15, 0.2) is 0 Å². The molecule has 0 bridgehead atoms. The predicted molar refractivity (Wildman–Crippen MR) is 117 cm³/mol. The van der Waals surface area contributed by atoms with Crippen LogP contribution in [0.1, 0.15) is 34.3 Å². The fraction of sp³-hybridized carbons (Fsp3) is 0.160. The number of nitrogens with zero attached hydrogens (tertiary/aromatic N) is 4. The van der Waals surface area contributed by atoms with Gasteiger partial charge in [0.05, 0.1) is 22.4 Å². The summed E-state index contributed by atoms with van der Waals surface area (Å²) in [6.45, 7) is 5.99. The number of fused-ring (bicyclic) bond motifs is 1. The molecule has 1 aromatic carbocycles. The van der Waals surface area contributed by atoms with Crippen LogP contribution in [-0.4, -0.2) is 19.7 Å². The summed E-state index contributed by atoms with van der Waals surface area (Å²) in [4.78, 5) is 9.48. The van der Waals surface area contributed by atoms with Crippen LogP contribution < -0.4 is 0 Å². The van der Waals surface area contributed by atoms with Crippen LogP contribution in [-0.2, 0) is 0 Å². The third-order valence-electron chi connectivity index (χ3n) is 5.54. The maximum atomic E-state index is 5.39. The van der Waals surface area contributed by atoms with Crippen molar-refractivity contribution >= 4 is 11.0 Å². The molecule has 0 N–H and O–H groups in total. The van der Waals surface area contributed by atoms with Gasteiger partial charge in [-0.05, 0) is 50.1 Å². The van der Waals surface area contributed by atoms with Gasteiger partial charge < -0.3 is 9.09 Å². The standard InChI is InChI=1S/C25H22N4O/c1-16-15-29(25(19-9-5-4-6-10-19)21-11-7-8-12-26-21)22-13-20(14-27-24(16)22)23-17(2)28-30-18(23)3/h4-15,25H,1-3H3/t25-/m1/s1. The molecule has 5 nitrogen and oxygen atoms in total. The normalized spacial score (nSPS) is 12.4. The van der Waals surface area contributed by atoms with Crippen molar-refractivity contribution < 1.29 is 4.52 Å². The third kappa shape index (κ3) is 2.99. The summed E-state index contributed by atoms with van der Waals surface area (Å²) in [5.41, 5.74) is 8.22. The van der Waals surface area contributed by atoms with Gasteiger partial charge in [0, 0.05) is 29.7 Å². The summed E-state index contributed by atoms with van der Waals surface area (Å²) in [5.74, 6) is 0.799. The lowest BCUT2D eigenvalue weighted by molar-refractivity contribution is 0.393. The molecule has 0 saturated heterocycles. The Hall–Kier alpha value is -3.73. The van der Waals surface area contributed by atoms with Gasteiger partial charge in [-0.15, -0.1) is 0 Å². The molecule has 148 valence electrons. The van der Waals surface area contributed by atoms with E-state index in [0.717, 1.165) is 44.9 Å². The predicted octanol–water partition coefficient (Wildman–Crippen LogP) is 5.65. The zero-order chi connectivity index (χ0) is 20.7. The molecule has 0 fully saturated rings. The average molecular weight is 394 g/mol. The molecule has 5 heteroatoms. The summed E-state index contributed by atoms with van der Waals surface area (Å²) in [5, 5.41) is 4.11. The summed E-state index contributed by atoms with van der Waals surface area (Å²) < 4.78 is 7.66. The lowest BCUT2D eigenvalue weighted by Crippen LogP contribution is -2.13. The Morgan fingerprint density at radius 1 is 0.933 bits per heavy atom. The second-order valence-electron chi connectivity index (χ2n) is 7.58. The van der Waals surface area contributed by atoms with Gasteiger partial charge in [0.2, 0.25) is 0 Å². The van der Waals surface area contributed by atoms with Crippen LogP contribution in [0.2, 0.25) is 0 Å². The second kappa shape index (κ2) is 7.26. The Kier molecular flexibility index (Phi) is 4.43. The molecule has 0 aliphatic heterocycles. The van der Waals surface area contributed by atoms with Gasteiger partial charge >= 0.3 is 0 Å². The zero-order valence-electron chi connectivity index (χ0n) is 17.2. The van der Waals surface area contributed by atoms with Crippen molar-refractivity contribution in [2.75, 3.05) is 0 Å². The molecule has 4 aromatic heterocycles. The van der Waals surface area contributed by atoms with Crippen molar-refractivity contribution in [1.82, 2.24) is 19.7 Å². The molecule has 1 atom stereocenters. The molecule has 4 heterocycles. The fourth-order valence-electron chi connectivity index (χ4n) is 4.19. The van der Waals surface area contributed by atoms with E-state index in [1.165, 1.54) is 5.56 Å². The molecule has 0 saturated carbocycles. The molecule has 30 heavy (non-hydrogen) atoms. The van der Waals surface area contributed by atoms with Gasteiger partial charge in [-0.3, -0.25) is 9.97 Å². The van der Waals surface area contributed by atoms with E-state index < -0.39 is 0 Å². The smallest absolute Gasteiger partial charge is 0.141 e. The van der Waals surface area contributed by atoms with Crippen LogP contribution in [0.15, 0.2) is 77.7 Å². The van der Waals surface area contributed by atoms with Crippen LogP contribution in [0.25, 0.3) is 22.2 Å². The van der Waals surface area contributed by atoms with Crippen molar-refractivity contribution in [3.05, 3.63) is 101 Å². The monoisotopic (exact) mass is 394 g/mol. The molecule has 0 unspecified atom stereocenters. The Balaban J connectivity index is 1.77. The Bertz CT molecular complexity index is 1260. The summed E-state index contributed by atoms with van der Waals surface area (Å²) >= 11 is 0. The van der Waals surface area contributed by atoms with Crippen LogP contribution in [0.5, 0.6) is 0 Å². The summed E-state index contributed by atoms with van der Waals surface area (Å²) in [7, 11) is 0. The van der Waals surface area contributed by atoms with Crippen molar-refractivity contribution in [2.45, 2.75) is 26.8 Å². The number of aromatic nitrogens is 4. The number of rotatable bonds is 4. The van der Waals surface area contributed by atoms with Crippen molar-refractivity contribution in [3.63, 3.8) is 0 Å². The van der Waals surface area contributed by atoms with Crippen LogP contribution in [0, 0.1) is 20.8 Å². The minimum Gasteiger partial charge on any atom is -0.361 e. The van der Waals surface area contributed by atoms with Crippen molar-refractivity contribution in [2.24, 2.45) is 0 Å². The summed E-state index contributed by atoms with van der Waals surface area (Å²) in [6.07, 6.45) is 5.92. The van der Waals surface area contributed by atoms with E-state index in [1.54, 1.807) is 0 Å². The van der Waals surface area contributed by atoms with Gasteiger partial charge in [-0.2, -0.15) is 0 Å². The van der Waals surface area contributed by atoms with Crippen molar-refractivity contribution in [1.29, 1.82) is 0 Å². The molecule has 0 spiro atoms. The van der Waals surface area contributed by atoms with Crippen LogP contribution in [0.3, 0.4) is 0 Å². The van der Waals surface area contributed by atoms with E-state index in [1.807, 2.05) is 44.4 Å². The van der Waals surface area contributed by atoms with E-state index in [4.69, 9.17) is 9.51 Å². The highest BCUT2D eigenvalue weighted by atomic mass is 16.5. The Morgan fingerprint density at radius 2 is 1.73 bits per heavy atom. The minimum atomic E-state index is -0.0506. The molecule has 0 aliphatic rings. The fourth-order valence-corrected chi connectivity index (χ4v) is 4.19. The number of aryl methyl sites for hydroxylation is 3. The number of hydrogen-bond acceptors (Lipinski definition) is 4. The van der Waals surface area contributed by atoms with E-state index in [2.05, 4.69) is 64.2 Å². The number of benzene rings is 1. The van der Waals surface area contributed by atoms with Crippen LogP contribution >= 0.6 is 0 Å². The minimum absolute atomic E-state index is 0.0506. The summed E-state index contributed by atoms with van der Waals surface area (Å²) in [6, 6.07) is 18.6. The highest BCUT2D eigenvalue weighted by Gasteiger charge is 2.22. The first-order valence-corrected chi connectivity index (χ1v) is 10.00. The molecule has 0 radical (unpaired) electrons. The van der Waals surface area contributed by atoms with E-state index in [9.17, 15) is 0 Å². The van der Waals surface area contributed by atoms with Gasteiger partial charge in [0.25, 0.3) is 0 Å². The molecular formula is C25H22N4O. The second-order valence-corrected chi connectivity index (χ2v) is 7.58. The zero-order valence-corrected chi connectivity index (χ0v) is 17.2. The van der Waals surface area contributed by atoms with Gasteiger partial charge in [-0.1, -0.05) is 41.6 Å². The maximum absolute atomic E-state index is 5.39. The average Bonchev–Trinajstić information content (AvgIpc) is 3.28. The molecule has 0 aliphatic carbocycles. The molecular weight excluding hydrogens is 372 g/mol. The molecule has 0 amide bonds. The highest BCUT2D eigenvalue weighted by molar-refractivity contribution is 5.85. The lowest BCUT2D eigenvalue weighted by atomic mass is 10.0. The highest BCUT2D eigenvalue weighted by Crippen LogP contribution is 2.34. The van der Waals surface area contributed by atoms with E-state index in [0.29, 0.717) is 0 Å². The first kappa shape index (κ1) is 18.3. The quantitative estimate of drug-likeness (QED) is 0.395. The van der Waals surface area contributed by atoms with Gasteiger partial charge in [-0.25, -0.2) is 0 Å². The topological polar surface area (TPSA) is 56.7 Å². The maximum Gasteiger partial charge on any atom is 0.141 e. The van der Waals surface area contributed by atoms with Gasteiger partial charge in [0.1, 0.15) is 11.8 Å². The van der Waals surface area contributed by atoms with E-state index >= 15 is 0 Å². The SMILES string of the molecule is Cc1noc(C)c1-c1cnc2c(C)cn([C@H](c3ccccc3)c3ccccn3)c2c1. The van der Waals surface area contributed by atoms with E-state index in [-0.39, 0.29) is 6.04 Å². The Morgan fingerprint density at radius 3 is 2.43 bits per heavy atom. The number of hydrogen-bond donors (Lipinski definition) is 0. The molecule has 5 aromatic rings. The molecule has 5 rings (SSSR count). The largest absolute Gasteiger partial charge is 0.361 e. The van der Waals surface area contributed by atoms with Crippen LogP contribution in [0.4, 0.5) is 0 Å². The lowest BCUT2D eigenvalue weighted by Gasteiger charge is -2.20. The first-order valence-electron chi connectivity index (χ1n) is 10.00. The number of pyridine rings is 2.